The minimum absolute atomic E-state index is 0.0558. The molecule has 2 amide bonds. The van der Waals surface area contributed by atoms with Gasteiger partial charge in [0.1, 0.15) is 5.75 Å². The smallest absolute Gasteiger partial charge is 0.387 e. The van der Waals surface area contributed by atoms with Gasteiger partial charge in [-0.15, -0.1) is 11.8 Å². The second-order valence-electron chi connectivity index (χ2n) is 5.58. The molecule has 3 aromatic rings. The summed E-state index contributed by atoms with van der Waals surface area (Å²) in [6, 6.07) is 18.9. The van der Waals surface area contributed by atoms with Crippen LogP contribution in [0.3, 0.4) is 0 Å². The minimum Gasteiger partial charge on any atom is -0.435 e. The lowest BCUT2D eigenvalue weighted by molar-refractivity contribution is -0.117. The molecule has 4 nitrogen and oxygen atoms in total. The third-order valence-corrected chi connectivity index (χ3v) is 4.68. The molecule has 0 atom stereocenters. The van der Waals surface area contributed by atoms with E-state index in [0.717, 1.165) is 15.7 Å². The summed E-state index contributed by atoms with van der Waals surface area (Å²) in [5.41, 5.74) is 0.181. The van der Waals surface area contributed by atoms with Gasteiger partial charge < -0.3 is 4.74 Å². The average Bonchev–Trinajstić information content (AvgIpc) is 2.66. The SMILES string of the molecule is O=C(CSc1ccc2ccccc2c1)NC(=O)c1ccc(OC(F)F)cc1. The van der Waals surface area contributed by atoms with E-state index >= 15 is 0 Å². The number of ether oxygens (including phenoxy) is 1. The number of fused-ring (bicyclic) bond motifs is 1. The van der Waals surface area contributed by atoms with Gasteiger partial charge in [-0.05, 0) is 47.2 Å². The number of nitrogens with one attached hydrogen (secondary N) is 1. The van der Waals surface area contributed by atoms with Gasteiger partial charge in [-0.1, -0.05) is 30.3 Å². The molecule has 0 aliphatic rings. The standard InChI is InChI=1S/C20H15F2NO3S/c21-20(22)26-16-8-5-14(6-9-16)19(25)23-18(24)12-27-17-10-7-13-3-1-2-4-15(13)11-17/h1-11,20H,12H2,(H,23,24,25). The van der Waals surface area contributed by atoms with Gasteiger partial charge in [0.25, 0.3) is 5.91 Å². The molecule has 0 unspecified atom stereocenters. The van der Waals surface area contributed by atoms with Gasteiger partial charge in [0.05, 0.1) is 5.75 Å². The van der Waals surface area contributed by atoms with E-state index in [4.69, 9.17) is 0 Å². The molecule has 27 heavy (non-hydrogen) atoms. The van der Waals surface area contributed by atoms with Crippen LogP contribution in [-0.4, -0.2) is 24.2 Å². The van der Waals surface area contributed by atoms with Crippen molar-refractivity contribution < 1.29 is 23.1 Å². The average molecular weight is 387 g/mol. The Kier molecular flexibility index (Phi) is 6.03. The summed E-state index contributed by atoms with van der Waals surface area (Å²) in [4.78, 5) is 25.0. The fourth-order valence-corrected chi connectivity index (χ4v) is 3.17. The highest BCUT2D eigenvalue weighted by Crippen LogP contribution is 2.23. The van der Waals surface area contributed by atoms with Gasteiger partial charge in [0.15, 0.2) is 0 Å². The molecule has 0 saturated heterocycles. The highest BCUT2D eigenvalue weighted by atomic mass is 32.2. The number of thioether (sulfide) groups is 1. The molecule has 0 aliphatic carbocycles. The van der Waals surface area contributed by atoms with Crippen LogP contribution in [0.2, 0.25) is 0 Å². The quantitative estimate of drug-likeness (QED) is 0.633. The predicted molar refractivity (Wildman–Crippen MR) is 100 cm³/mol. The van der Waals surface area contributed by atoms with Crippen molar-refractivity contribution in [1.82, 2.24) is 5.32 Å². The van der Waals surface area contributed by atoms with E-state index < -0.39 is 18.4 Å². The summed E-state index contributed by atoms with van der Waals surface area (Å²) < 4.78 is 28.4. The number of carbonyl (C=O) groups excluding carboxylic acids is 2. The first-order chi connectivity index (χ1) is 13.0. The molecule has 0 fully saturated rings. The van der Waals surface area contributed by atoms with Gasteiger partial charge in [-0.3, -0.25) is 14.9 Å². The van der Waals surface area contributed by atoms with Crippen LogP contribution in [0, 0.1) is 0 Å². The predicted octanol–water partition coefficient (Wildman–Crippen LogP) is 4.49. The second kappa shape index (κ2) is 8.64. The number of carbonyl (C=O) groups is 2. The van der Waals surface area contributed by atoms with Crippen molar-refractivity contribution in [1.29, 1.82) is 0 Å². The fraction of sp³-hybridized carbons (Fsp3) is 0.100. The molecule has 0 spiro atoms. The zero-order chi connectivity index (χ0) is 19.2. The summed E-state index contributed by atoms with van der Waals surface area (Å²) in [7, 11) is 0. The van der Waals surface area contributed by atoms with Crippen LogP contribution in [0.15, 0.2) is 71.6 Å². The first-order valence-electron chi connectivity index (χ1n) is 8.02. The number of imide groups is 1. The van der Waals surface area contributed by atoms with E-state index in [0.29, 0.717) is 0 Å². The van der Waals surface area contributed by atoms with Crippen LogP contribution in [-0.2, 0) is 4.79 Å². The van der Waals surface area contributed by atoms with Gasteiger partial charge in [0.2, 0.25) is 5.91 Å². The molecule has 0 aromatic heterocycles. The Balaban J connectivity index is 1.54. The van der Waals surface area contributed by atoms with Gasteiger partial charge in [-0.2, -0.15) is 8.78 Å². The van der Waals surface area contributed by atoms with Crippen molar-refractivity contribution in [2.24, 2.45) is 0 Å². The topological polar surface area (TPSA) is 55.4 Å². The Labute approximate surface area is 158 Å². The lowest BCUT2D eigenvalue weighted by Crippen LogP contribution is -2.31. The summed E-state index contributed by atoms with van der Waals surface area (Å²) in [5, 5.41) is 4.46. The van der Waals surface area contributed by atoms with Crippen molar-refractivity contribution >= 4 is 34.3 Å². The number of halogens is 2. The maximum Gasteiger partial charge on any atom is 0.387 e. The highest BCUT2D eigenvalue weighted by molar-refractivity contribution is 8.00. The number of benzene rings is 3. The van der Waals surface area contributed by atoms with Crippen LogP contribution in [0.1, 0.15) is 10.4 Å². The number of hydrogen-bond donors (Lipinski definition) is 1. The van der Waals surface area contributed by atoms with Crippen LogP contribution in [0.4, 0.5) is 8.78 Å². The summed E-state index contributed by atoms with van der Waals surface area (Å²) >= 11 is 1.32. The summed E-state index contributed by atoms with van der Waals surface area (Å²) in [6.45, 7) is -2.93. The van der Waals surface area contributed by atoms with E-state index in [1.165, 1.54) is 36.0 Å². The van der Waals surface area contributed by atoms with Crippen molar-refractivity contribution in [2.45, 2.75) is 11.5 Å². The third kappa shape index (κ3) is 5.27. The molecule has 0 radical (unpaired) electrons. The first kappa shape index (κ1) is 18.8. The molecule has 3 aromatic carbocycles. The Morgan fingerprint density at radius 1 is 0.963 bits per heavy atom. The highest BCUT2D eigenvalue weighted by Gasteiger charge is 2.12. The Morgan fingerprint density at radius 3 is 2.37 bits per heavy atom. The molecule has 3 rings (SSSR count). The van der Waals surface area contributed by atoms with Crippen molar-refractivity contribution in [2.75, 3.05) is 5.75 Å². The van der Waals surface area contributed by atoms with Crippen molar-refractivity contribution in [3.63, 3.8) is 0 Å². The van der Waals surface area contributed by atoms with Gasteiger partial charge in [-0.25, -0.2) is 0 Å². The molecule has 138 valence electrons. The van der Waals surface area contributed by atoms with Crippen LogP contribution >= 0.6 is 11.8 Å². The molecule has 0 bridgehead atoms. The Bertz CT molecular complexity index is 961. The summed E-state index contributed by atoms with van der Waals surface area (Å²) in [6.07, 6.45) is 0. The maximum atomic E-state index is 12.1. The van der Waals surface area contributed by atoms with Crippen LogP contribution in [0.5, 0.6) is 5.75 Å². The van der Waals surface area contributed by atoms with Gasteiger partial charge >= 0.3 is 6.61 Å². The van der Waals surface area contributed by atoms with E-state index in [-0.39, 0.29) is 17.1 Å². The van der Waals surface area contributed by atoms with E-state index in [1.807, 2.05) is 42.5 Å². The first-order valence-corrected chi connectivity index (χ1v) is 9.00. The van der Waals surface area contributed by atoms with Gasteiger partial charge in [0, 0.05) is 10.5 Å². The molecule has 1 N–H and O–H groups in total. The lowest BCUT2D eigenvalue weighted by atomic mass is 10.1. The Hall–Kier alpha value is -2.93. The fourth-order valence-electron chi connectivity index (χ4n) is 2.43. The van der Waals surface area contributed by atoms with Crippen LogP contribution < -0.4 is 10.1 Å². The zero-order valence-electron chi connectivity index (χ0n) is 14.0. The number of hydrogen-bond acceptors (Lipinski definition) is 4. The number of alkyl halides is 2. The second-order valence-corrected chi connectivity index (χ2v) is 6.63. The molecule has 7 heteroatoms. The minimum atomic E-state index is -2.93. The molecule has 0 saturated carbocycles. The monoisotopic (exact) mass is 387 g/mol. The van der Waals surface area contributed by atoms with E-state index in [9.17, 15) is 18.4 Å². The normalized spacial score (nSPS) is 10.8. The summed E-state index contributed by atoms with van der Waals surface area (Å²) in [5.74, 6) is -1.01. The molecule has 0 heterocycles. The molecular formula is C20H15F2NO3S. The van der Waals surface area contributed by atoms with E-state index in [1.54, 1.807) is 0 Å². The number of rotatable bonds is 6. The van der Waals surface area contributed by atoms with Crippen molar-refractivity contribution in [3.05, 3.63) is 72.3 Å². The largest absolute Gasteiger partial charge is 0.435 e. The molecular weight excluding hydrogens is 372 g/mol. The number of amides is 2. The maximum absolute atomic E-state index is 12.1. The van der Waals surface area contributed by atoms with Crippen molar-refractivity contribution in [3.8, 4) is 5.75 Å². The third-order valence-electron chi connectivity index (χ3n) is 3.69. The van der Waals surface area contributed by atoms with Crippen LogP contribution in [0.25, 0.3) is 10.8 Å². The van der Waals surface area contributed by atoms with E-state index in [2.05, 4.69) is 10.1 Å². The zero-order valence-corrected chi connectivity index (χ0v) is 14.8. The Morgan fingerprint density at radius 2 is 1.67 bits per heavy atom. The lowest BCUT2D eigenvalue weighted by Gasteiger charge is -2.07. The molecule has 0 aliphatic heterocycles.